The second-order valence-corrected chi connectivity index (χ2v) is 5.27. The summed E-state index contributed by atoms with van der Waals surface area (Å²) in [5, 5.41) is 0.164. The molecule has 0 bridgehead atoms. The van der Waals surface area contributed by atoms with Crippen molar-refractivity contribution in [2.75, 3.05) is 0 Å². The Morgan fingerprint density at radius 3 is 2.50 bits per heavy atom. The van der Waals surface area contributed by atoms with E-state index in [9.17, 15) is 4.79 Å². The van der Waals surface area contributed by atoms with E-state index >= 15 is 0 Å². The molecule has 1 aliphatic rings. The van der Waals surface area contributed by atoms with Crippen molar-refractivity contribution in [2.24, 2.45) is 0 Å². The summed E-state index contributed by atoms with van der Waals surface area (Å²) in [7, 11) is 0. The molecule has 1 aliphatic heterocycles. The van der Waals surface area contributed by atoms with Crippen LogP contribution >= 0.6 is 11.8 Å². The topological polar surface area (TPSA) is 17.1 Å². The van der Waals surface area contributed by atoms with Gasteiger partial charge in [0.2, 0.25) is 5.12 Å². The summed E-state index contributed by atoms with van der Waals surface area (Å²) in [6, 6.07) is 18.1. The molecule has 0 fully saturated rings. The van der Waals surface area contributed by atoms with Gasteiger partial charge in [0.15, 0.2) is 0 Å². The van der Waals surface area contributed by atoms with E-state index in [4.69, 9.17) is 0 Å². The Morgan fingerprint density at radius 2 is 1.67 bits per heavy atom. The maximum Gasteiger partial charge on any atom is 0.220 e. The largest absolute Gasteiger partial charge is 0.282 e. The van der Waals surface area contributed by atoms with Crippen LogP contribution in [-0.2, 0) is 11.2 Å². The van der Waals surface area contributed by atoms with E-state index in [-0.39, 0.29) is 5.12 Å². The van der Waals surface area contributed by atoms with Gasteiger partial charge in [0.05, 0.1) is 0 Å². The van der Waals surface area contributed by atoms with E-state index in [1.165, 1.54) is 17.3 Å². The molecular weight excluding hydrogens is 240 g/mol. The maximum absolute atomic E-state index is 12.1. The lowest BCUT2D eigenvalue weighted by molar-refractivity contribution is -0.108. The van der Waals surface area contributed by atoms with Gasteiger partial charge >= 0.3 is 0 Å². The van der Waals surface area contributed by atoms with Crippen molar-refractivity contribution < 1.29 is 4.79 Å². The number of carbonyl (C=O) groups is 1. The van der Waals surface area contributed by atoms with Crippen molar-refractivity contribution in [3.05, 3.63) is 71.3 Å². The normalized spacial score (nSPS) is 16.7. The van der Waals surface area contributed by atoms with Crippen molar-refractivity contribution >= 4 is 23.0 Å². The molecule has 2 heteroatoms. The molecule has 0 unspecified atom stereocenters. The van der Waals surface area contributed by atoms with Crippen molar-refractivity contribution in [1.82, 2.24) is 0 Å². The summed E-state index contributed by atoms with van der Waals surface area (Å²) >= 11 is 1.33. The number of hydrogen-bond acceptors (Lipinski definition) is 2. The molecule has 0 radical (unpaired) electrons. The highest BCUT2D eigenvalue weighted by Crippen LogP contribution is 2.34. The van der Waals surface area contributed by atoms with Gasteiger partial charge in [0, 0.05) is 16.9 Å². The van der Waals surface area contributed by atoms with Crippen LogP contribution in [0, 0.1) is 0 Å². The van der Waals surface area contributed by atoms with Crippen LogP contribution in [0.5, 0.6) is 0 Å². The summed E-state index contributed by atoms with van der Waals surface area (Å²) in [6.45, 7) is 0. The molecule has 1 nitrogen and oxygen atoms in total. The zero-order valence-corrected chi connectivity index (χ0v) is 10.6. The monoisotopic (exact) mass is 252 g/mol. The van der Waals surface area contributed by atoms with Crippen molar-refractivity contribution in [2.45, 2.75) is 11.3 Å². The van der Waals surface area contributed by atoms with Crippen molar-refractivity contribution in [3.63, 3.8) is 0 Å². The van der Waals surface area contributed by atoms with Gasteiger partial charge in [0.25, 0.3) is 0 Å². The number of benzene rings is 2. The lowest BCUT2D eigenvalue weighted by atomic mass is 10.0. The SMILES string of the molecule is O=C1Sc2ccccc2CC1=Cc1ccccc1. The van der Waals surface area contributed by atoms with Gasteiger partial charge in [-0.3, -0.25) is 4.79 Å². The maximum atomic E-state index is 12.1. The Morgan fingerprint density at radius 1 is 0.944 bits per heavy atom. The van der Waals surface area contributed by atoms with E-state index in [2.05, 4.69) is 6.07 Å². The first-order valence-corrected chi connectivity index (χ1v) is 6.70. The molecule has 88 valence electrons. The fraction of sp³-hybridized carbons (Fsp3) is 0.0625. The zero-order chi connectivity index (χ0) is 12.4. The molecule has 0 aliphatic carbocycles. The standard InChI is InChI=1S/C16H12OS/c17-16-14(10-12-6-2-1-3-7-12)11-13-8-4-5-9-15(13)18-16/h1-10H,11H2. The minimum Gasteiger partial charge on any atom is -0.282 e. The van der Waals surface area contributed by atoms with Crippen LogP contribution in [-0.4, -0.2) is 5.12 Å². The van der Waals surface area contributed by atoms with Crippen LogP contribution in [0.4, 0.5) is 0 Å². The smallest absolute Gasteiger partial charge is 0.220 e. The van der Waals surface area contributed by atoms with E-state index in [1.807, 2.05) is 54.6 Å². The van der Waals surface area contributed by atoms with Crippen LogP contribution in [0.25, 0.3) is 6.08 Å². The average molecular weight is 252 g/mol. The Balaban J connectivity index is 1.96. The van der Waals surface area contributed by atoms with Crippen LogP contribution in [0.2, 0.25) is 0 Å². The fourth-order valence-electron chi connectivity index (χ4n) is 2.05. The first-order valence-electron chi connectivity index (χ1n) is 5.88. The quantitative estimate of drug-likeness (QED) is 0.715. The van der Waals surface area contributed by atoms with Crippen LogP contribution < -0.4 is 0 Å². The minimum absolute atomic E-state index is 0.164. The Hall–Kier alpha value is -1.80. The molecule has 0 N–H and O–H groups in total. The number of fused-ring (bicyclic) bond motifs is 1. The average Bonchev–Trinajstić information content (AvgIpc) is 2.41. The summed E-state index contributed by atoms with van der Waals surface area (Å²) in [5.41, 5.74) is 3.20. The number of rotatable bonds is 1. The number of thioether (sulfide) groups is 1. The lowest BCUT2D eigenvalue weighted by Gasteiger charge is -2.16. The van der Waals surface area contributed by atoms with Crippen molar-refractivity contribution in [3.8, 4) is 0 Å². The molecule has 1 heterocycles. The molecule has 0 saturated heterocycles. The minimum atomic E-state index is 0.164. The highest BCUT2D eigenvalue weighted by Gasteiger charge is 2.20. The third kappa shape index (κ3) is 2.24. The van der Waals surface area contributed by atoms with Gasteiger partial charge in [-0.25, -0.2) is 0 Å². The predicted molar refractivity (Wildman–Crippen MR) is 75.4 cm³/mol. The summed E-state index contributed by atoms with van der Waals surface area (Å²) in [5.74, 6) is 0. The molecule has 0 aromatic heterocycles. The molecule has 2 aromatic rings. The predicted octanol–water partition coefficient (Wildman–Crippen LogP) is 3.95. The second-order valence-electron chi connectivity index (χ2n) is 4.25. The van der Waals surface area contributed by atoms with E-state index in [0.29, 0.717) is 0 Å². The lowest BCUT2D eigenvalue weighted by Crippen LogP contribution is -2.08. The summed E-state index contributed by atoms with van der Waals surface area (Å²) < 4.78 is 0. The molecule has 0 atom stereocenters. The van der Waals surface area contributed by atoms with Crippen LogP contribution in [0.3, 0.4) is 0 Å². The number of hydrogen-bond donors (Lipinski definition) is 0. The van der Waals surface area contributed by atoms with Gasteiger partial charge in [-0.05, 0) is 35.0 Å². The van der Waals surface area contributed by atoms with Gasteiger partial charge in [-0.15, -0.1) is 0 Å². The summed E-state index contributed by atoms with van der Waals surface area (Å²) in [6.07, 6.45) is 2.72. The molecule has 0 spiro atoms. The molecule has 3 rings (SSSR count). The Kier molecular flexibility index (Phi) is 3.03. The first-order chi connectivity index (χ1) is 8.83. The Labute approximate surface area is 111 Å². The van der Waals surface area contributed by atoms with Gasteiger partial charge in [-0.2, -0.15) is 0 Å². The summed E-state index contributed by atoms with van der Waals surface area (Å²) in [4.78, 5) is 13.1. The third-order valence-corrected chi connectivity index (χ3v) is 4.02. The van der Waals surface area contributed by atoms with Crippen LogP contribution in [0.1, 0.15) is 11.1 Å². The van der Waals surface area contributed by atoms with E-state index in [0.717, 1.165) is 22.5 Å². The van der Waals surface area contributed by atoms with E-state index in [1.54, 1.807) is 0 Å². The number of carbonyl (C=O) groups excluding carboxylic acids is 1. The first kappa shape index (κ1) is 11.3. The van der Waals surface area contributed by atoms with Crippen molar-refractivity contribution in [1.29, 1.82) is 0 Å². The molecule has 0 saturated carbocycles. The molecule has 18 heavy (non-hydrogen) atoms. The third-order valence-electron chi connectivity index (χ3n) is 2.96. The Bertz CT molecular complexity index is 614. The highest BCUT2D eigenvalue weighted by atomic mass is 32.2. The van der Waals surface area contributed by atoms with E-state index < -0.39 is 0 Å². The fourth-order valence-corrected chi connectivity index (χ4v) is 2.93. The highest BCUT2D eigenvalue weighted by molar-refractivity contribution is 8.14. The molecule has 0 amide bonds. The zero-order valence-electron chi connectivity index (χ0n) is 9.80. The second kappa shape index (κ2) is 4.83. The van der Waals surface area contributed by atoms with Gasteiger partial charge < -0.3 is 0 Å². The van der Waals surface area contributed by atoms with Crippen LogP contribution in [0.15, 0.2) is 65.1 Å². The molecular formula is C16H12OS. The van der Waals surface area contributed by atoms with Gasteiger partial charge in [0.1, 0.15) is 0 Å². The molecule has 2 aromatic carbocycles. The van der Waals surface area contributed by atoms with Gasteiger partial charge in [-0.1, -0.05) is 48.5 Å².